The second-order valence-corrected chi connectivity index (χ2v) is 7.56. The molecule has 0 fully saturated rings. The summed E-state index contributed by atoms with van der Waals surface area (Å²) in [5, 5.41) is 33.9. The van der Waals surface area contributed by atoms with Crippen molar-refractivity contribution in [3.05, 3.63) is 0 Å². The van der Waals surface area contributed by atoms with Gasteiger partial charge in [-0.2, -0.15) is 24.4 Å². The Kier molecular flexibility index (Phi) is 13.9. The van der Waals surface area contributed by atoms with Gasteiger partial charge in [0.2, 0.25) is 17.7 Å². The number of aliphatic carboxylic acids is 2. The molecule has 0 aliphatic rings. The molecule has 30 heavy (non-hydrogen) atoms. The van der Waals surface area contributed by atoms with Crippen LogP contribution in [0.3, 0.4) is 0 Å². The van der Waals surface area contributed by atoms with Crippen LogP contribution in [0.2, 0.25) is 0 Å². The zero-order valence-electron chi connectivity index (χ0n) is 16.4. The summed E-state index contributed by atoms with van der Waals surface area (Å²) in [6, 6.07) is -5.00. The summed E-state index contributed by atoms with van der Waals surface area (Å²) < 4.78 is 0. The number of rotatable bonds is 15. The van der Waals surface area contributed by atoms with Crippen LogP contribution < -0.4 is 21.7 Å². The van der Waals surface area contributed by atoms with Crippen molar-refractivity contribution in [2.75, 3.05) is 24.4 Å². The lowest BCUT2D eigenvalue weighted by Crippen LogP contribution is -2.58. The predicted octanol–water partition coefficient (Wildman–Crippen LogP) is -2.61. The molecule has 0 aromatic rings. The molecule has 0 aliphatic heterocycles. The van der Waals surface area contributed by atoms with Gasteiger partial charge in [0.05, 0.1) is 12.6 Å². The number of nitrogens with one attached hydrogen (secondary N) is 3. The number of carbonyl (C=O) groups excluding carboxylic acids is 3. The van der Waals surface area contributed by atoms with Gasteiger partial charge < -0.3 is 37.0 Å². The van der Waals surface area contributed by atoms with E-state index in [9.17, 15) is 29.1 Å². The van der Waals surface area contributed by atoms with Crippen molar-refractivity contribution in [1.82, 2.24) is 16.0 Å². The fourth-order valence-electron chi connectivity index (χ4n) is 2.12. The Morgan fingerprint density at radius 1 is 0.933 bits per heavy atom. The first-order chi connectivity index (χ1) is 14.1. The number of carboxylic acid groups (broad SMARTS) is 2. The van der Waals surface area contributed by atoms with E-state index in [1.165, 1.54) is 11.8 Å². The van der Waals surface area contributed by atoms with Crippen molar-refractivity contribution in [2.24, 2.45) is 5.73 Å². The number of hydrogen-bond donors (Lipinski definition) is 8. The van der Waals surface area contributed by atoms with E-state index in [0.717, 1.165) is 0 Å². The minimum atomic E-state index is -1.43. The molecule has 0 aromatic heterocycles. The molecular weight excluding hydrogens is 440 g/mol. The predicted molar refractivity (Wildman–Crippen MR) is 112 cm³/mol. The summed E-state index contributed by atoms with van der Waals surface area (Å²) in [6.07, 6.45) is 1.43. The van der Waals surface area contributed by atoms with Gasteiger partial charge in [0, 0.05) is 12.2 Å². The molecule has 0 spiro atoms. The number of nitrogens with two attached hydrogens (primary N) is 1. The first-order valence-corrected chi connectivity index (χ1v) is 10.9. The van der Waals surface area contributed by atoms with Crippen LogP contribution in [0.5, 0.6) is 0 Å². The molecule has 8 N–H and O–H groups in total. The fraction of sp³-hybridized carbons (Fsp3) is 0.688. The Morgan fingerprint density at radius 2 is 1.47 bits per heavy atom. The molecule has 12 nitrogen and oxygen atoms in total. The molecule has 0 bridgehead atoms. The largest absolute Gasteiger partial charge is 0.481 e. The van der Waals surface area contributed by atoms with Crippen LogP contribution in [0.1, 0.15) is 19.3 Å². The Bertz CT molecular complexity index is 622. The lowest BCUT2D eigenvalue weighted by Gasteiger charge is -2.24. The summed E-state index contributed by atoms with van der Waals surface area (Å²) >= 11 is 5.25. The van der Waals surface area contributed by atoms with Gasteiger partial charge in [0.25, 0.3) is 0 Å². The second-order valence-electron chi connectivity index (χ2n) is 6.21. The quantitative estimate of drug-likeness (QED) is 0.117. The van der Waals surface area contributed by atoms with E-state index < -0.39 is 60.4 Å². The maximum Gasteiger partial charge on any atom is 0.327 e. The highest BCUT2D eigenvalue weighted by Gasteiger charge is 2.29. The molecule has 0 saturated carbocycles. The number of thiol groups is 1. The van der Waals surface area contributed by atoms with E-state index in [0.29, 0.717) is 5.75 Å². The molecule has 14 heteroatoms. The molecular formula is C16H28N4O8S2. The minimum Gasteiger partial charge on any atom is -0.481 e. The van der Waals surface area contributed by atoms with Crippen molar-refractivity contribution in [1.29, 1.82) is 0 Å². The van der Waals surface area contributed by atoms with Crippen molar-refractivity contribution in [3.8, 4) is 0 Å². The van der Waals surface area contributed by atoms with E-state index in [1.807, 2.05) is 0 Å². The summed E-state index contributed by atoms with van der Waals surface area (Å²) in [5.41, 5.74) is 5.56. The van der Waals surface area contributed by atoms with Gasteiger partial charge in [-0.1, -0.05) is 0 Å². The van der Waals surface area contributed by atoms with Gasteiger partial charge in [-0.3, -0.25) is 19.2 Å². The number of carbonyl (C=O) groups is 5. The van der Waals surface area contributed by atoms with Gasteiger partial charge >= 0.3 is 11.9 Å². The fourth-order valence-corrected chi connectivity index (χ4v) is 2.84. The maximum atomic E-state index is 12.4. The summed E-state index contributed by atoms with van der Waals surface area (Å²) in [7, 11) is 0. The number of hydrogen-bond acceptors (Lipinski definition) is 9. The monoisotopic (exact) mass is 468 g/mol. The number of aliphatic hydroxyl groups excluding tert-OH is 1. The summed E-state index contributed by atoms with van der Waals surface area (Å²) in [5.74, 6) is -4.59. The average molecular weight is 469 g/mol. The first kappa shape index (κ1) is 28.0. The van der Waals surface area contributed by atoms with E-state index in [2.05, 4.69) is 28.6 Å². The third-order valence-electron chi connectivity index (χ3n) is 3.86. The topological polar surface area (TPSA) is 208 Å². The molecule has 0 rings (SSSR count). The van der Waals surface area contributed by atoms with Crippen molar-refractivity contribution >= 4 is 54.1 Å². The molecule has 0 heterocycles. The van der Waals surface area contributed by atoms with Gasteiger partial charge in [-0.25, -0.2) is 4.79 Å². The summed E-state index contributed by atoms with van der Waals surface area (Å²) in [4.78, 5) is 58.4. The van der Waals surface area contributed by atoms with Crippen LogP contribution in [-0.2, 0) is 24.0 Å². The zero-order valence-corrected chi connectivity index (χ0v) is 18.1. The normalized spacial score (nSPS) is 14.7. The molecule has 0 saturated heterocycles. The molecule has 0 aliphatic carbocycles. The first-order valence-electron chi connectivity index (χ1n) is 8.89. The highest BCUT2D eigenvalue weighted by atomic mass is 32.2. The second kappa shape index (κ2) is 14.9. The van der Waals surface area contributed by atoms with Crippen molar-refractivity contribution in [3.63, 3.8) is 0 Å². The van der Waals surface area contributed by atoms with Crippen LogP contribution in [0.15, 0.2) is 0 Å². The Hall–Kier alpha value is -2.03. The molecule has 4 atom stereocenters. The highest BCUT2D eigenvalue weighted by Crippen LogP contribution is 2.03. The Balaban J connectivity index is 5.07. The van der Waals surface area contributed by atoms with Gasteiger partial charge in [0.1, 0.15) is 18.1 Å². The third kappa shape index (κ3) is 10.7. The van der Waals surface area contributed by atoms with Gasteiger partial charge in [-0.05, 0) is 24.9 Å². The lowest BCUT2D eigenvalue weighted by molar-refractivity contribution is -0.141. The molecule has 0 radical (unpaired) electrons. The van der Waals surface area contributed by atoms with Crippen molar-refractivity contribution in [2.45, 2.75) is 43.4 Å². The number of thioether (sulfide) groups is 1. The lowest BCUT2D eigenvalue weighted by atomic mass is 10.1. The van der Waals surface area contributed by atoms with Gasteiger partial charge in [-0.15, -0.1) is 0 Å². The van der Waals surface area contributed by atoms with E-state index >= 15 is 0 Å². The summed E-state index contributed by atoms with van der Waals surface area (Å²) in [6.45, 7) is -0.797. The molecule has 172 valence electrons. The molecule has 4 unspecified atom stereocenters. The van der Waals surface area contributed by atoms with Gasteiger partial charge in [0.15, 0.2) is 0 Å². The van der Waals surface area contributed by atoms with Crippen LogP contribution in [0.25, 0.3) is 0 Å². The SMILES string of the molecule is CSCCC(NC(=O)C(CO)NC(=O)C(N)CCC(=O)O)C(=O)NC(CS)C(=O)O. The Labute approximate surface area is 183 Å². The number of amides is 3. The van der Waals surface area contributed by atoms with Crippen LogP contribution >= 0.6 is 24.4 Å². The molecule has 0 aromatic carbocycles. The Morgan fingerprint density at radius 3 is 1.93 bits per heavy atom. The van der Waals surface area contributed by atoms with Crippen molar-refractivity contribution < 1.29 is 39.3 Å². The van der Waals surface area contributed by atoms with Crippen LogP contribution in [0.4, 0.5) is 0 Å². The molecule has 3 amide bonds. The standard InChI is InChI=1S/C16H28N4O8S2/c1-30-5-4-9(14(25)20-11(7-29)16(27)28)18-15(26)10(6-21)19-13(24)8(17)2-3-12(22)23/h8-11,21,29H,2-7,17H2,1H3,(H,18,26)(H,19,24)(H,20,25)(H,22,23)(H,27,28). The van der Waals surface area contributed by atoms with Crippen LogP contribution in [-0.4, -0.2) is 93.5 Å². The van der Waals surface area contributed by atoms with E-state index in [4.69, 9.17) is 15.9 Å². The van der Waals surface area contributed by atoms with E-state index in [1.54, 1.807) is 6.26 Å². The highest BCUT2D eigenvalue weighted by molar-refractivity contribution is 7.98. The average Bonchev–Trinajstić information content (AvgIpc) is 2.70. The maximum absolute atomic E-state index is 12.4. The zero-order chi connectivity index (χ0) is 23.3. The number of carboxylic acids is 2. The number of aliphatic hydroxyl groups is 1. The third-order valence-corrected chi connectivity index (χ3v) is 4.87. The van der Waals surface area contributed by atoms with Crippen LogP contribution in [0, 0.1) is 0 Å². The minimum absolute atomic E-state index is 0.159. The smallest absolute Gasteiger partial charge is 0.327 e. The van der Waals surface area contributed by atoms with E-state index in [-0.39, 0.29) is 25.0 Å².